The van der Waals surface area contributed by atoms with Gasteiger partial charge in [0.15, 0.2) is 0 Å². The minimum atomic E-state index is 0.230. The number of hydrogen-bond acceptors (Lipinski definition) is 4. The van der Waals surface area contributed by atoms with E-state index in [1.807, 2.05) is 6.07 Å². The molecule has 0 unspecified atom stereocenters. The average molecular weight is 368 g/mol. The molecule has 2 heterocycles. The zero-order chi connectivity index (χ0) is 17.8. The van der Waals surface area contributed by atoms with Crippen molar-refractivity contribution in [2.45, 2.75) is 50.4 Å². The molecular weight excluding hydrogens is 346 g/mol. The second-order valence-electron chi connectivity index (χ2n) is 7.09. The molecule has 1 aromatic carbocycles. The van der Waals surface area contributed by atoms with Crippen molar-refractivity contribution in [3.05, 3.63) is 65.3 Å². The predicted octanol–water partition coefficient (Wildman–Crippen LogP) is 5.62. The van der Waals surface area contributed by atoms with E-state index < -0.39 is 0 Å². The molecule has 1 aliphatic carbocycles. The van der Waals surface area contributed by atoms with E-state index in [0.29, 0.717) is 16.9 Å². The quantitative estimate of drug-likeness (QED) is 0.549. The third-order valence-corrected chi connectivity index (χ3v) is 5.67. The zero-order valence-corrected chi connectivity index (χ0v) is 15.5. The maximum atomic E-state index is 5.95. The summed E-state index contributed by atoms with van der Waals surface area (Å²) in [6.07, 6.45) is 9.87. The molecule has 2 aromatic heterocycles. The second kappa shape index (κ2) is 7.58. The van der Waals surface area contributed by atoms with E-state index in [9.17, 15) is 0 Å². The summed E-state index contributed by atoms with van der Waals surface area (Å²) in [5.41, 5.74) is 2.50. The monoisotopic (exact) mass is 367 g/mol. The Labute approximate surface area is 158 Å². The van der Waals surface area contributed by atoms with Gasteiger partial charge in [-0.1, -0.05) is 66.4 Å². The van der Waals surface area contributed by atoms with Crippen LogP contribution in [0.4, 0.5) is 0 Å². The minimum absolute atomic E-state index is 0.230. The van der Waals surface area contributed by atoms with Crippen LogP contribution in [0.5, 0.6) is 0 Å². The largest absolute Gasteiger partial charge is 0.339 e. The molecule has 134 valence electrons. The van der Waals surface area contributed by atoms with Crippen LogP contribution in [0.15, 0.2) is 53.2 Å². The first kappa shape index (κ1) is 17.2. The average Bonchev–Trinajstić information content (AvgIpc) is 3.17. The van der Waals surface area contributed by atoms with Crippen LogP contribution in [-0.4, -0.2) is 15.1 Å². The molecule has 0 N–H and O–H groups in total. The van der Waals surface area contributed by atoms with Crippen LogP contribution in [0.2, 0.25) is 5.15 Å². The molecule has 0 atom stereocenters. The Kier molecular flexibility index (Phi) is 5.02. The second-order valence-corrected chi connectivity index (χ2v) is 7.47. The van der Waals surface area contributed by atoms with Gasteiger partial charge in [-0.3, -0.25) is 0 Å². The van der Waals surface area contributed by atoms with Crippen LogP contribution < -0.4 is 0 Å². The van der Waals surface area contributed by atoms with Gasteiger partial charge in [-0.2, -0.15) is 4.98 Å². The Morgan fingerprint density at radius 1 is 1.04 bits per heavy atom. The van der Waals surface area contributed by atoms with Crippen molar-refractivity contribution >= 4 is 11.6 Å². The summed E-state index contributed by atoms with van der Waals surface area (Å²) in [5.74, 6) is 1.26. The number of hydrogen-bond donors (Lipinski definition) is 0. The van der Waals surface area contributed by atoms with Crippen molar-refractivity contribution in [3.63, 3.8) is 0 Å². The third kappa shape index (κ3) is 3.65. The molecule has 3 aromatic rings. The highest BCUT2D eigenvalue weighted by atomic mass is 35.5. The van der Waals surface area contributed by atoms with Crippen LogP contribution in [0, 0.1) is 0 Å². The van der Waals surface area contributed by atoms with Crippen molar-refractivity contribution in [3.8, 4) is 11.4 Å². The first-order valence-electron chi connectivity index (χ1n) is 9.25. The van der Waals surface area contributed by atoms with Gasteiger partial charge in [-0.05, 0) is 42.4 Å². The van der Waals surface area contributed by atoms with E-state index in [4.69, 9.17) is 16.1 Å². The van der Waals surface area contributed by atoms with Gasteiger partial charge >= 0.3 is 0 Å². The standard InChI is InChI=1S/C21H22ClN3O/c22-18-15-16(10-14-23-18)20-24-19(26-25-20)9-13-21(11-5-2-6-12-21)17-7-3-1-4-8-17/h1,3-4,7-8,10,14-15H,2,5-6,9,11-13H2. The van der Waals surface area contributed by atoms with Crippen molar-refractivity contribution in [1.82, 2.24) is 15.1 Å². The van der Waals surface area contributed by atoms with Crippen LogP contribution in [0.25, 0.3) is 11.4 Å². The van der Waals surface area contributed by atoms with Crippen molar-refractivity contribution in [1.29, 1.82) is 0 Å². The Bertz CT molecular complexity index is 856. The Morgan fingerprint density at radius 3 is 2.62 bits per heavy atom. The fourth-order valence-corrected chi connectivity index (χ4v) is 4.24. The van der Waals surface area contributed by atoms with E-state index in [2.05, 4.69) is 45.5 Å². The van der Waals surface area contributed by atoms with Crippen molar-refractivity contribution in [2.75, 3.05) is 0 Å². The lowest BCUT2D eigenvalue weighted by molar-refractivity contribution is 0.261. The molecule has 1 aliphatic rings. The molecule has 0 amide bonds. The molecule has 26 heavy (non-hydrogen) atoms. The number of rotatable bonds is 5. The van der Waals surface area contributed by atoms with Crippen LogP contribution in [0.1, 0.15) is 50.0 Å². The number of nitrogens with zero attached hydrogens (tertiary/aromatic N) is 3. The topological polar surface area (TPSA) is 51.8 Å². The van der Waals surface area contributed by atoms with Crippen LogP contribution in [0.3, 0.4) is 0 Å². The number of pyridine rings is 1. The lowest BCUT2D eigenvalue weighted by Crippen LogP contribution is -2.29. The fraction of sp³-hybridized carbons (Fsp3) is 0.381. The lowest BCUT2D eigenvalue weighted by atomic mass is 9.67. The zero-order valence-electron chi connectivity index (χ0n) is 14.7. The van der Waals surface area contributed by atoms with E-state index in [-0.39, 0.29) is 5.41 Å². The van der Waals surface area contributed by atoms with Crippen molar-refractivity contribution in [2.24, 2.45) is 0 Å². The minimum Gasteiger partial charge on any atom is -0.339 e. The highest BCUT2D eigenvalue weighted by molar-refractivity contribution is 6.29. The summed E-state index contributed by atoms with van der Waals surface area (Å²) in [6, 6.07) is 14.5. The van der Waals surface area contributed by atoms with Gasteiger partial charge < -0.3 is 4.52 Å². The maximum Gasteiger partial charge on any atom is 0.226 e. The SMILES string of the molecule is Clc1cc(-c2noc(CCC3(c4ccccc4)CCCCC3)n2)ccn1. The molecular formula is C21H22ClN3O. The number of halogens is 1. The van der Waals surface area contributed by atoms with Crippen LogP contribution in [-0.2, 0) is 11.8 Å². The molecule has 1 fully saturated rings. The van der Waals surface area contributed by atoms with Gasteiger partial charge in [0.25, 0.3) is 0 Å². The summed E-state index contributed by atoms with van der Waals surface area (Å²) < 4.78 is 5.51. The Balaban J connectivity index is 1.52. The van der Waals surface area contributed by atoms with Gasteiger partial charge in [-0.25, -0.2) is 4.98 Å². The van der Waals surface area contributed by atoms with Gasteiger partial charge in [-0.15, -0.1) is 0 Å². The summed E-state index contributed by atoms with van der Waals surface area (Å²) >= 11 is 5.95. The number of aromatic nitrogens is 3. The molecule has 4 nitrogen and oxygen atoms in total. The summed E-state index contributed by atoms with van der Waals surface area (Å²) in [6.45, 7) is 0. The van der Waals surface area contributed by atoms with Gasteiger partial charge in [0.05, 0.1) is 0 Å². The van der Waals surface area contributed by atoms with Crippen molar-refractivity contribution < 1.29 is 4.52 Å². The fourth-order valence-electron chi connectivity index (χ4n) is 4.06. The first-order chi connectivity index (χ1) is 12.8. The van der Waals surface area contributed by atoms with Gasteiger partial charge in [0.1, 0.15) is 5.15 Å². The lowest BCUT2D eigenvalue weighted by Gasteiger charge is -2.38. The maximum absolute atomic E-state index is 5.95. The Morgan fingerprint density at radius 2 is 1.85 bits per heavy atom. The first-order valence-corrected chi connectivity index (χ1v) is 9.63. The highest BCUT2D eigenvalue weighted by Crippen LogP contribution is 2.42. The summed E-state index contributed by atoms with van der Waals surface area (Å²) in [5, 5.41) is 4.54. The number of benzene rings is 1. The van der Waals surface area contributed by atoms with E-state index in [1.54, 1.807) is 12.3 Å². The van der Waals surface area contributed by atoms with Crippen LogP contribution >= 0.6 is 11.6 Å². The van der Waals surface area contributed by atoms with Gasteiger partial charge in [0.2, 0.25) is 11.7 Å². The van der Waals surface area contributed by atoms with E-state index >= 15 is 0 Å². The summed E-state index contributed by atoms with van der Waals surface area (Å²) in [7, 11) is 0. The Hall–Kier alpha value is -2.20. The van der Waals surface area contributed by atoms with Gasteiger partial charge in [0, 0.05) is 18.2 Å². The molecule has 4 rings (SSSR count). The number of aryl methyl sites for hydroxylation is 1. The van der Waals surface area contributed by atoms with E-state index in [1.165, 1.54) is 37.7 Å². The highest BCUT2D eigenvalue weighted by Gasteiger charge is 2.33. The normalized spacial score (nSPS) is 16.5. The molecule has 5 heteroatoms. The molecule has 1 saturated carbocycles. The predicted molar refractivity (Wildman–Crippen MR) is 102 cm³/mol. The molecule has 0 spiro atoms. The molecule has 0 aliphatic heterocycles. The van der Waals surface area contributed by atoms with E-state index in [0.717, 1.165) is 18.4 Å². The smallest absolute Gasteiger partial charge is 0.226 e. The molecule has 0 saturated heterocycles. The molecule has 0 radical (unpaired) electrons. The summed E-state index contributed by atoms with van der Waals surface area (Å²) in [4.78, 5) is 8.56. The molecule has 0 bridgehead atoms. The third-order valence-electron chi connectivity index (χ3n) is 5.47.